The van der Waals surface area contributed by atoms with Gasteiger partial charge in [0.2, 0.25) is 5.88 Å². The first-order valence-electron chi connectivity index (χ1n) is 4.75. The third kappa shape index (κ3) is 3.56. The Labute approximate surface area is 97.8 Å². The first kappa shape index (κ1) is 12.6. The van der Waals surface area contributed by atoms with E-state index in [1.54, 1.807) is 18.3 Å². The van der Waals surface area contributed by atoms with Crippen molar-refractivity contribution >= 4 is 6.21 Å². The fourth-order valence-corrected chi connectivity index (χ4v) is 1.16. The number of hydrogen-bond acceptors (Lipinski definition) is 6. The average Bonchev–Trinajstić information content (AvgIpc) is 2.34. The number of nitrogens with zero attached hydrogens (tertiary/aromatic N) is 2. The van der Waals surface area contributed by atoms with E-state index in [9.17, 15) is 10.1 Å². The highest BCUT2D eigenvalue weighted by atomic mass is 16.6. The van der Waals surface area contributed by atoms with Crippen LogP contribution in [-0.2, 0) is 6.54 Å². The van der Waals surface area contributed by atoms with Crippen LogP contribution >= 0.6 is 0 Å². The molecule has 1 rings (SSSR count). The van der Waals surface area contributed by atoms with Crippen molar-refractivity contribution in [2.24, 2.45) is 0 Å². The smallest absolute Gasteiger partial charge is 0.302 e. The van der Waals surface area contributed by atoms with E-state index in [-0.39, 0.29) is 5.70 Å². The number of allylic oxidation sites excluding steroid dienone is 1. The number of nitrogens with one attached hydrogen (secondary N) is 2. The quantitative estimate of drug-likeness (QED) is 0.435. The fraction of sp³-hybridized carbons (Fsp3) is 0.200. The molecule has 1 heterocycles. The van der Waals surface area contributed by atoms with Crippen molar-refractivity contribution in [3.63, 3.8) is 0 Å². The van der Waals surface area contributed by atoms with Crippen LogP contribution in [-0.4, -0.2) is 23.2 Å². The third-order valence-corrected chi connectivity index (χ3v) is 1.94. The maximum Gasteiger partial charge on any atom is 0.302 e. The molecule has 0 aliphatic carbocycles. The lowest BCUT2D eigenvalue weighted by Gasteiger charge is -2.06. The highest BCUT2D eigenvalue weighted by Gasteiger charge is 2.06. The molecule has 0 amide bonds. The molecule has 0 saturated heterocycles. The van der Waals surface area contributed by atoms with Crippen LogP contribution in [0.3, 0.4) is 0 Å². The molecule has 1 aromatic rings. The molecule has 90 valence electrons. The lowest BCUT2D eigenvalue weighted by Crippen LogP contribution is -2.11. The van der Waals surface area contributed by atoms with Crippen LogP contribution in [0, 0.1) is 15.5 Å². The molecule has 1 aromatic heterocycles. The molecule has 2 N–H and O–H groups in total. The van der Waals surface area contributed by atoms with Crippen molar-refractivity contribution < 1.29 is 9.66 Å². The Morgan fingerprint density at radius 3 is 3.12 bits per heavy atom. The maximum absolute atomic E-state index is 10.4. The minimum Gasteiger partial charge on any atom is -0.481 e. The summed E-state index contributed by atoms with van der Waals surface area (Å²) < 4.78 is 5.03. The number of nitro groups is 1. The molecule has 0 radical (unpaired) electrons. The Hall–Kier alpha value is -2.44. The minimum atomic E-state index is -0.638. The van der Waals surface area contributed by atoms with Crippen LogP contribution in [0.2, 0.25) is 0 Å². The van der Waals surface area contributed by atoms with Crippen LogP contribution in [0.4, 0.5) is 0 Å². The molecule has 17 heavy (non-hydrogen) atoms. The molecule has 0 spiro atoms. The topological polar surface area (TPSA) is 101 Å². The molecule has 0 aliphatic rings. The second kappa shape index (κ2) is 6.21. The molecular formula is C10H12N4O3. The average molecular weight is 236 g/mol. The van der Waals surface area contributed by atoms with Crippen LogP contribution in [0.5, 0.6) is 5.88 Å². The number of aromatic nitrogens is 1. The van der Waals surface area contributed by atoms with E-state index in [1.807, 2.05) is 0 Å². The highest BCUT2D eigenvalue weighted by molar-refractivity contribution is 5.71. The van der Waals surface area contributed by atoms with Crippen molar-refractivity contribution in [1.82, 2.24) is 10.3 Å². The molecule has 7 heteroatoms. The summed E-state index contributed by atoms with van der Waals surface area (Å²) in [5, 5.41) is 20.0. The largest absolute Gasteiger partial charge is 0.481 e. The Kier molecular flexibility index (Phi) is 4.61. The summed E-state index contributed by atoms with van der Waals surface area (Å²) in [5.74, 6) is 0.464. The second-order valence-electron chi connectivity index (χ2n) is 3.02. The normalized spacial score (nSPS) is 10.8. The van der Waals surface area contributed by atoms with Gasteiger partial charge in [-0.2, -0.15) is 0 Å². The number of rotatable bonds is 6. The molecule has 0 aliphatic heterocycles. The van der Waals surface area contributed by atoms with Crippen molar-refractivity contribution in [2.45, 2.75) is 6.54 Å². The molecular weight excluding hydrogens is 224 g/mol. The predicted octanol–water partition coefficient (Wildman–Crippen LogP) is 0.947. The summed E-state index contributed by atoms with van der Waals surface area (Å²) in [5.41, 5.74) is 0.465. The molecule has 0 saturated carbocycles. The molecule has 0 unspecified atom stereocenters. The molecule has 0 aromatic carbocycles. The minimum absolute atomic E-state index is 0.312. The molecule has 0 fully saturated rings. The van der Waals surface area contributed by atoms with E-state index in [2.05, 4.69) is 10.3 Å². The van der Waals surface area contributed by atoms with E-state index in [0.29, 0.717) is 18.6 Å². The zero-order chi connectivity index (χ0) is 12.7. The van der Waals surface area contributed by atoms with Gasteiger partial charge in [0.05, 0.1) is 24.4 Å². The van der Waals surface area contributed by atoms with Crippen LogP contribution < -0.4 is 10.1 Å². The summed E-state index contributed by atoms with van der Waals surface area (Å²) >= 11 is 0. The summed E-state index contributed by atoms with van der Waals surface area (Å²) in [6, 6.07) is 3.54. The van der Waals surface area contributed by atoms with Gasteiger partial charge in [-0.1, -0.05) is 6.07 Å². The molecule has 0 atom stereocenters. The first-order valence-corrected chi connectivity index (χ1v) is 4.75. The van der Waals surface area contributed by atoms with Gasteiger partial charge in [0.15, 0.2) is 0 Å². The van der Waals surface area contributed by atoms with E-state index >= 15 is 0 Å². The number of ether oxygens (including phenoxy) is 1. The van der Waals surface area contributed by atoms with Crippen LogP contribution in [0.1, 0.15) is 5.56 Å². The number of hydrogen-bond donors (Lipinski definition) is 2. The van der Waals surface area contributed by atoms with E-state index in [0.717, 1.165) is 5.56 Å². The van der Waals surface area contributed by atoms with Crippen LogP contribution in [0.25, 0.3) is 0 Å². The van der Waals surface area contributed by atoms with Gasteiger partial charge < -0.3 is 15.5 Å². The maximum atomic E-state index is 10.4. The van der Waals surface area contributed by atoms with E-state index in [1.165, 1.54) is 13.3 Å². The molecule has 7 nitrogen and oxygen atoms in total. The summed E-state index contributed by atoms with van der Waals surface area (Å²) in [4.78, 5) is 13.8. The van der Waals surface area contributed by atoms with Gasteiger partial charge in [0.1, 0.15) is 0 Å². The summed E-state index contributed by atoms with van der Waals surface area (Å²) in [6.45, 7) is 0.336. The lowest BCUT2D eigenvalue weighted by atomic mass is 10.2. The standard InChI is InChI=1S/C10H12N4O3/c1-17-10-8(3-2-4-13-10)6-12-7-9(5-11)14(15)16/h2-5,7,11-12H,6H2,1H3/b9-7+,11-5?. The number of methoxy groups -OCH3 is 1. The third-order valence-electron chi connectivity index (χ3n) is 1.94. The Morgan fingerprint density at radius 1 is 1.76 bits per heavy atom. The van der Waals surface area contributed by atoms with Gasteiger partial charge >= 0.3 is 5.70 Å². The van der Waals surface area contributed by atoms with Crippen LogP contribution in [0.15, 0.2) is 30.2 Å². The monoisotopic (exact) mass is 236 g/mol. The first-order chi connectivity index (χ1) is 8.19. The van der Waals surface area contributed by atoms with Crippen molar-refractivity contribution in [3.05, 3.63) is 45.9 Å². The van der Waals surface area contributed by atoms with E-state index in [4.69, 9.17) is 10.1 Å². The predicted molar refractivity (Wildman–Crippen MR) is 61.5 cm³/mol. The lowest BCUT2D eigenvalue weighted by molar-refractivity contribution is -0.414. The van der Waals surface area contributed by atoms with Crippen molar-refractivity contribution in [3.8, 4) is 5.88 Å². The zero-order valence-corrected chi connectivity index (χ0v) is 9.21. The van der Waals surface area contributed by atoms with E-state index < -0.39 is 4.92 Å². The Balaban J connectivity index is 2.67. The summed E-state index contributed by atoms with van der Waals surface area (Å²) in [7, 11) is 1.50. The second-order valence-corrected chi connectivity index (χ2v) is 3.02. The van der Waals surface area contributed by atoms with Gasteiger partial charge in [-0.3, -0.25) is 10.1 Å². The number of pyridine rings is 1. The van der Waals surface area contributed by atoms with Crippen molar-refractivity contribution in [2.75, 3.05) is 7.11 Å². The van der Waals surface area contributed by atoms with Gasteiger partial charge in [-0.05, 0) is 6.07 Å². The van der Waals surface area contributed by atoms with Gasteiger partial charge in [0.25, 0.3) is 0 Å². The summed E-state index contributed by atoms with van der Waals surface area (Å²) in [6.07, 6.45) is 3.44. The van der Waals surface area contributed by atoms with Gasteiger partial charge in [-0.25, -0.2) is 4.98 Å². The SMILES string of the molecule is COc1ncccc1CN/C=C(\C=N)[N+](=O)[O-]. The Bertz CT molecular complexity index is 445. The molecule has 0 bridgehead atoms. The van der Waals surface area contributed by atoms with Gasteiger partial charge in [0, 0.05) is 18.3 Å². The zero-order valence-electron chi connectivity index (χ0n) is 9.21. The Morgan fingerprint density at radius 2 is 2.53 bits per heavy atom. The fourth-order valence-electron chi connectivity index (χ4n) is 1.16. The highest BCUT2D eigenvalue weighted by Crippen LogP contribution is 2.12. The van der Waals surface area contributed by atoms with Crippen molar-refractivity contribution in [1.29, 1.82) is 5.41 Å². The van der Waals surface area contributed by atoms with Gasteiger partial charge in [-0.15, -0.1) is 0 Å².